The fraction of sp³-hybridized carbons (Fsp3) is 0. The van der Waals surface area contributed by atoms with Gasteiger partial charge in [-0.15, -0.1) is 0 Å². The van der Waals surface area contributed by atoms with E-state index in [-0.39, 0.29) is 0 Å². The molecule has 0 unspecified atom stereocenters. The van der Waals surface area contributed by atoms with Gasteiger partial charge in [-0.25, -0.2) is 0 Å². The van der Waals surface area contributed by atoms with E-state index < -0.39 is 11.8 Å². The van der Waals surface area contributed by atoms with Crippen LogP contribution in [-0.2, 0) is 9.59 Å². The Kier molecular flexibility index (Phi) is 5.13. The van der Waals surface area contributed by atoms with E-state index in [1.807, 2.05) is 18.2 Å². The van der Waals surface area contributed by atoms with Crippen molar-refractivity contribution in [2.45, 2.75) is 0 Å². The van der Waals surface area contributed by atoms with E-state index >= 15 is 0 Å². The first-order chi connectivity index (χ1) is 9.54. The zero-order valence-electron chi connectivity index (χ0n) is 10.2. The number of carbonyl (C=O) groups is 2. The summed E-state index contributed by atoms with van der Waals surface area (Å²) in [7, 11) is 0. The molecule has 2 rings (SSSR count). The number of benzene rings is 2. The Morgan fingerprint density at radius 3 is 2.10 bits per heavy atom. The highest BCUT2D eigenvalue weighted by Crippen LogP contribution is 2.16. The van der Waals surface area contributed by atoms with Gasteiger partial charge in [-0.2, -0.15) is 0 Å². The average molecular weight is 445 g/mol. The van der Waals surface area contributed by atoms with Crippen LogP contribution in [0.25, 0.3) is 0 Å². The minimum atomic E-state index is -0.707. The van der Waals surface area contributed by atoms with E-state index in [4.69, 9.17) is 0 Å². The minimum absolute atomic E-state index is 0.558. The second-order valence-electron chi connectivity index (χ2n) is 3.93. The van der Waals surface area contributed by atoms with Crippen LogP contribution in [0.15, 0.2) is 53.0 Å². The zero-order valence-corrected chi connectivity index (χ0v) is 13.9. The fourth-order valence-electron chi connectivity index (χ4n) is 1.48. The number of hydrogen-bond acceptors (Lipinski definition) is 2. The standard InChI is InChI=1S/C14H10BrIN2O2/c15-9-2-1-3-12(8-9)18-14(20)13(19)17-11-6-4-10(16)5-7-11/h1-8H,(H,17,19)(H,18,20). The SMILES string of the molecule is O=C(Nc1ccc(I)cc1)C(=O)Nc1cccc(Br)c1. The number of hydrogen-bond donors (Lipinski definition) is 2. The predicted molar refractivity (Wildman–Crippen MR) is 90.6 cm³/mol. The first-order valence-electron chi connectivity index (χ1n) is 5.68. The molecular formula is C14H10BrIN2O2. The van der Waals surface area contributed by atoms with Crippen LogP contribution in [0.5, 0.6) is 0 Å². The van der Waals surface area contributed by atoms with Crippen LogP contribution in [-0.4, -0.2) is 11.8 Å². The van der Waals surface area contributed by atoms with E-state index in [0.717, 1.165) is 8.04 Å². The molecule has 2 aromatic carbocycles. The number of nitrogens with one attached hydrogen (secondary N) is 2. The van der Waals surface area contributed by atoms with Gasteiger partial charge in [0, 0.05) is 19.4 Å². The summed E-state index contributed by atoms with van der Waals surface area (Å²) >= 11 is 5.46. The molecule has 0 aromatic heterocycles. The highest BCUT2D eigenvalue weighted by Gasteiger charge is 2.13. The lowest BCUT2D eigenvalue weighted by atomic mass is 10.3. The van der Waals surface area contributed by atoms with E-state index in [1.165, 1.54) is 0 Å². The lowest BCUT2D eigenvalue weighted by molar-refractivity contribution is -0.132. The van der Waals surface area contributed by atoms with Crippen LogP contribution < -0.4 is 10.6 Å². The maximum absolute atomic E-state index is 11.8. The molecular weight excluding hydrogens is 435 g/mol. The van der Waals surface area contributed by atoms with Gasteiger partial charge in [0.15, 0.2) is 0 Å². The fourth-order valence-corrected chi connectivity index (χ4v) is 2.23. The van der Waals surface area contributed by atoms with Gasteiger partial charge < -0.3 is 10.6 Å². The Hall–Kier alpha value is -1.41. The summed E-state index contributed by atoms with van der Waals surface area (Å²) in [5.74, 6) is -1.41. The zero-order chi connectivity index (χ0) is 14.5. The Bertz CT molecular complexity index is 644. The molecule has 4 nitrogen and oxygen atoms in total. The van der Waals surface area contributed by atoms with Crippen molar-refractivity contribution in [1.29, 1.82) is 0 Å². The maximum Gasteiger partial charge on any atom is 0.314 e. The van der Waals surface area contributed by atoms with E-state index in [1.54, 1.807) is 30.3 Å². The molecule has 2 amide bonds. The highest BCUT2D eigenvalue weighted by molar-refractivity contribution is 14.1. The van der Waals surface area contributed by atoms with Crippen molar-refractivity contribution in [1.82, 2.24) is 0 Å². The van der Waals surface area contributed by atoms with Crippen molar-refractivity contribution < 1.29 is 9.59 Å². The molecule has 0 saturated heterocycles. The average Bonchev–Trinajstić information content (AvgIpc) is 2.41. The van der Waals surface area contributed by atoms with Crippen molar-refractivity contribution in [3.8, 4) is 0 Å². The van der Waals surface area contributed by atoms with Crippen molar-refractivity contribution in [3.05, 3.63) is 56.6 Å². The van der Waals surface area contributed by atoms with Crippen molar-refractivity contribution in [2.75, 3.05) is 10.6 Å². The van der Waals surface area contributed by atoms with Gasteiger partial charge in [-0.05, 0) is 65.1 Å². The smallest absolute Gasteiger partial charge is 0.314 e. The molecule has 0 aliphatic carbocycles. The Labute approximate surface area is 138 Å². The summed E-state index contributed by atoms with van der Waals surface area (Å²) in [6.07, 6.45) is 0. The number of halogens is 2. The normalized spacial score (nSPS) is 9.90. The minimum Gasteiger partial charge on any atom is -0.318 e. The lowest BCUT2D eigenvalue weighted by Gasteiger charge is -2.07. The van der Waals surface area contributed by atoms with Crippen molar-refractivity contribution in [3.63, 3.8) is 0 Å². The second kappa shape index (κ2) is 6.85. The summed E-state index contributed by atoms with van der Waals surface area (Å²) in [6, 6.07) is 14.2. The molecule has 0 bridgehead atoms. The molecule has 0 fully saturated rings. The van der Waals surface area contributed by atoms with Crippen LogP contribution in [0.2, 0.25) is 0 Å². The summed E-state index contributed by atoms with van der Waals surface area (Å²) in [6.45, 7) is 0. The van der Waals surface area contributed by atoms with Crippen molar-refractivity contribution in [2.24, 2.45) is 0 Å². The van der Waals surface area contributed by atoms with Crippen LogP contribution >= 0.6 is 38.5 Å². The van der Waals surface area contributed by atoms with Gasteiger partial charge in [0.1, 0.15) is 0 Å². The van der Waals surface area contributed by atoms with E-state index in [9.17, 15) is 9.59 Å². The molecule has 2 aromatic rings. The van der Waals surface area contributed by atoms with Gasteiger partial charge in [-0.3, -0.25) is 9.59 Å². The number of rotatable bonds is 2. The van der Waals surface area contributed by atoms with Gasteiger partial charge in [-0.1, -0.05) is 22.0 Å². The first kappa shape index (κ1) is 15.0. The summed E-state index contributed by atoms with van der Waals surface area (Å²) < 4.78 is 1.88. The molecule has 0 aliphatic heterocycles. The maximum atomic E-state index is 11.8. The van der Waals surface area contributed by atoms with Crippen LogP contribution in [0.3, 0.4) is 0 Å². The van der Waals surface area contributed by atoms with Crippen LogP contribution in [0.4, 0.5) is 11.4 Å². The monoisotopic (exact) mass is 444 g/mol. The molecule has 2 N–H and O–H groups in total. The molecule has 0 spiro atoms. The molecule has 20 heavy (non-hydrogen) atoms. The number of carbonyl (C=O) groups excluding carboxylic acids is 2. The molecule has 102 valence electrons. The highest BCUT2D eigenvalue weighted by atomic mass is 127. The van der Waals surface area contributed by atoms with Crippen LogP contribution in [0, 0.1) is 3.57 Å². The Balaban J connectivity index is 1.98. The molecule has 0 saturated carbocycles. The second-order valence-corrected chi connectivity index (χ2v) is 6.09. The first-order valence-corrected chi connectivity index (χ1v) is 7.55. The van der Waals surface area contributed by atoms with Gasteiger partial charge >= 0.3 is 11.8 Å². The molecule has 0 aliphatic rings. The van der Waals surface area contributed by atoms with Crippen molar-refractivity contribution >= 4 is 61.7 Å². The Morgan fingerprint density at radius 2 is 1.50 bits per heavy atom. The van der Waals surface area contributed by atoms with Gasteiger partial charge in [0.2, 0.25) is 0 Å². The lowest BCUT2D eigenvalue weighted by Crippen LogP contribution is -2.29. The quantitative estimate of drug-likeness (QED) is 0.549. The van der Waals surface area contributed by atoms with E-state index in [2.05, 4.69) is 49.2 Å². The summed E-state index contributed by atoms with van der Waals surface area (Å²) in [5, 5.41) is 5.07. The van der Waals surface area contributed by atoms with E-state index in [0.29, 0.717) is 11.4 Å². The molecule has 0 atom stereocenters. The third kappa shape index (κ3) is 4.31. The van der Waals surface area contributed by atoms with Gasteiger partial charge in [0.25, 0.3) is 0 Å². The summed E-state index contributed by atoms with van der Waals surface area (Å²) in [5.41, 5.74) is 1.14. The van der Waals surface area contributed by atoms with Crippen LogP contribution in [0.1, 0.15) is 0 Å². The predicted octanol–water partition coefficient (Wildman–Crippen LogP) is 3.63. The molecule has 0 heterocycles. The summed E-state index contributed by atoms with van der Waals surface area (Å²) in [4.78, 5) is 23.5. The largest absolute Gasteiger partial charge is 0.318 e. The van der Waals surface area contributed by atoms with Gasteiger partial charge in [0.05, 0.1) is 0 Å². The number of anilines is 2. The molecule has 6 heteroatoms. The Morgan fingerprint density at radius 1 is 0.900 bits per heavy atom. The third-order valence-electron chi connectivity index (χ3n) is 2.39. The molecule has 0 radical (unpaired) electrons. The number of amides is 2. The third-order valence-corrected chi connectivity index (χ3v) is 3.60. The topological polar surface area (TPSA) is 58.2 Å².